The van der Waals surface area contributed by atoms with Crippen molar-refractivity contribution in [3.05, 3.63) is 59.7 Å². The Morgan fingerprint density at radius 3 is 1.72 bits per heavy atom. The quantitative estimate of drug-likeness (QED) is 0.267. The van der Waals surface area contributed by atoms with Gasteiger partial charge in [-0.1, -0.05) is 24.3 Å². The summed E-state index contributed by atoms with van der Waals surface area (Å²) in [6.07, 6.45) is 4.93. The van der Waals surface area contributed by atoms with E-state index in [1.807, 2.05) is 20.8 Å². The lowest BCUT2D eigenvalue weighted by Gasteiger charge is -2.33. The molecule has 0 saturated carbocycles. The molecular weight excluding hydrogens is 502 g/mol. The molecule has 2 aromatic rings. The van der Waals surface area contributed by atoms with Crippen LogP contribution in [0.25, 0.3) is 12.2 Å². The maximum atomic E-state index is 12.6. The summed E-state index contributed by atoms with van der Waals surface area (Å²) < 4.78 is 21.6. The van der Waals surface area contributed by atoms with Crippen LogP contribution in [0, 0.1) is 5.92 Å². The van der Waals surface area contributed by atoms with E-state index in [2.05, 4.69) is 0 Å². The number of nitrogens with zero attached hydrogens (tertiary/aromatic N) is 1. The second kappa shape index (κ2) is 14.0. The van der Waals surface area contributed by atoms with E-state index in [1.54, 1.807) is 62.6 Å². The largest absolute Gasteiger partial charge is 0.493 e. The van der Waals surface area contributed by atoms with Gasteiger partial charge in [0.15, 0.2) is 34.6 Å². The van der Waals surface area contributed by atoms with Gasteiger partial charge in [0.25, 0.3) is 0 Å². The van der Waals surface area contributed by atoms with Crippen molar-refractivity contribution in [2.24, 2.45) is 5.92 Å². The first kappa shape index (κ1) is 31.0. The fraction of sp³-hybridized carbons (Fsp3) is 0.367. The number of amides is 1. The monoisotopic (exact) mass is 539 g/mol. The standard InChI is InChI=1S/C30H37NO8/c1-20(23(32)12-8-21-10-14-25(36-5)27(18-21)37-6)24(33)13-9-22-11-15-26(28(19-22)38-7)39-17-16-31(29(34)35)30(2,3)4/h8-15,18-20H,16-17H2,1-7H3,(H,34,35). The Balaban J connectivity index is 2.02. The van der Waals surface area contributed by atoms with Crippen molar-refractivity contribution in [3.63, 3.8) is 0 Å². The first-order valence-electron chi connectivity index (χ1n) is 12.4. The summed E-state index contributed by atoms with van der Waals surface area (Å²) in [5.41, 5.74) is 0.854. The van der Waals surface area contributed by atoms with E-state index in [4.69, 9.17) is 18.9 Å². The highest BCUT2D eigenvalue weighted by Gasteiger charge is 2.25. The number of hydrogen-bond acceptors (Lipinski definition) is 7. The van der Waals surface area contributed by atoms with Gasteiger partial charge in [0.2, 0.25) is 0 Å². The van der Waals surface area contributed by atoms with Crippen molar-refractivity contribution in [2.75, 3.05) is 34.5 Å². The second-order valence-electron chi connectivity index (χ2n) is 9.67. The Hall–Kier alpha value is -4.27. The molecule has 9 heteroatoms. The molecule has 0 spiro atoms. The number of rotatable bonds is 13. The van der Waals surface area contributed by atoms with Gasteiger partial charge < -0.3 is 29.0 Å². The molecule has 0 heterocycles. The summed E-state index contributed by atoms with van der Waals surface area (Å²) in [6.45, 7) is 7.32. The number of carbonyl (C=O) groups excluding carboxylic acids is 2. The minimum absolute atomic E-state index is 0.143. The van der Waals surface area contributed by atoms with Crippen LogP contribution in [0.2, 0.25) is 0 Å². The third kappa shape index (κ3) is 8.91. The van der Waals surface area contributed by atoms with Crippen LogP contribution in [-0.2, 0) is 9.59 Å². The van der Waals surface area contributed by atoms with Crippen LogP contribution in [0.5, 0.6) is 23.0 Å². The Labute approximate surface area is 229 Å². The van der Waals surface area contributed by atoms with Crippen LogP contribution in [0.4, 0.5) is 4.79 Å². The molecule has 210 valence electrons. The van der Waals surface area contributed by atoms with E-state index in [0.29, 0.717) is 28.6 Å². The van der Waals surface area contributed by atoms with Gasteiger partial charge in [0.1, 0.15) is 6.61 Å². The van der Waals surface area contributed by atoms with Crippen molar-refractivity contribution >= 4 is 29.8 Å². The summed E-state index contributed by atoms with van der Waals surface area (Å²) in [5, 5.41) is 9.42. The molecule has 0 aliphatic heterocycles. The molecule has 0 bridgehead atoms. The molecule has 2 rings (SSSR count). The molecule has 9 nitrogen and oxygen atoms in total. The Kier molecular flexibility index (Phi) is 11.1. The van der Waals surface area contributed by atoms with Crippen LogP contribution in [0.1, 0.15) is 38.8 Å². The van der Waals surface area contributed by atoms with Gasteiger partial charge in [-0.25, -0.2) is 4.79 Å². The number of ether oxygens (including phenoxy) is 4. The SMILES string of the molecule is COc1ccc(C=CC(=O)C(C)C(=O)C=Cc2ccc(OCCN(C(=O)O)C(C)(C)C)c(OC)c2)cc1OC. The number of carboxylic acid groups (broad SMARTS) is 1. The average molecular weight is 540 g/mol. The number of ketones is 2. The van der Waals surface area contributed by atoms with Crippen LogP contribution in [-0.4, -0.2) is 67.7 Å². The molecule has 0 radical (unpaired) electrons. The lowest BCUT2D eigenvalue weighted by molar-refractivity contribution is -0.126. The van der Waals surface area contributed by atoms with Gasteiger partial charge in [-0.05, 0) is 75.2 Å². The Bertz CT molecular complexity index is 1230. The molecular formula is C30H37NO8. The van der Waals surface area contributed by atoms with Gasteiger partial charge in [0.05, 0.1) is 33.8 Å². The van der Waals surface area contributed by atoms with Gasteiger partial charge in [-0.2, -0.15) is 0 Å². The molecule has 1 unspecified atom stereocenters. The highest BCUT2D eigenvalue weighted by molar-refractivity contribution is 6.13. The normalized spacial score (nSPS) is 12.3. The summed E-state index contributed by atoms with van der Waals surface area (Å²) in [4.78, 5) is 38.0. The summed E-state index contributed by atoms with van der Waals surface area (Å²) in [5.74, 6) is 0.475. The first-order valence-corrected chi connectivity index (χ1v) is 12.4. The van der Waals surface area contributed by atoms with Crippen LogP contribution < -0.4 is 18.9 Å². The fourth-order valence-electron chi connectivity index (χ4n) is 3.61. The van der Waals surface area contributed by atoms with Gasteiger partial charge in [0, 0.05) is 5.54 Å². The van der Waals surface area contributed by atoms with Crippen LogP contribution in [0.3, 0.4) is 0 Å². The molecule has 0 fully saturated rings. The number of allylic oxidation sites excluding steroid dienone is 2. The number of benzene rings is 2. The number of methoxy groups -OCH3 is 3. The maximum Gasteiger partial charge on any atom is 0.407 e. The molecule has 2 aromatic carbocycles. The van der Waals surface area contributed by atoms with E-state index in [-0.39, 0.29) is 24.7 Å². The fourth-order valence-corrected chi connectivity index (χ4v) is 3.61. The third-order valence-corrected chi connectivity index (χ3v) is 5.94. The van der Waals surface area contributed by atoms with E-state index in [1.165, 1.54) is 31.3 Å². The zero-order valence-corrected chi connectivity index (χ0v) is 23.5. The molecule has 1 atom stereocenters. The summed E-state index contributed by atoms with van der Waals surface area (Å²) in [6, 6.07) is 10.4. The molecule has 0 saturated heterocycles. The third-order valence-electron chi connectivity index (χ3n) is 5.94. The number of carbonyl (C=O) groups is 3. The highest BCUT2D eigenvalue weighted by Crippen LogP contribution is 2.29. The molecule has 39 heavy (non-hydrogen) atoms. The second-order valence-corrected chi connectivity index (χ2v) is 9.67. The summed E-state index contributed by atoms with van der Waals surface area (Å²) >= 11 is 0. The van der Waals surface area contributed by atoms with E-state index in [0.717, 1.165) is 5.56 Å². The molecule has 0 aliphatic rings. The van der Waals surface area contributed by atoms with Gasteiger partial charge >= 0.3 is 6.09 Å². The van der Waals surface area contributed by atoms with Gasteiger partial charge in [-0.15, -0.1) is 0 Å². The lowest BCUT2D eigenvalue weighted by atomic mass is 9.99. The van der Waals surface area contributed by atoms with Crippen LogP contribution >= 0.6 is 0 Å². The Morgan fingerprint density at radius 2 is 1.28 bits per heavy atom. The van der Waals surface area contributed by atoms with Crippen molar-refractivity contribution in [1.29, 1.82) is 0 Å². The van der Waals surface area contributed by atoms with E-state index >= 15 is 0 Å². The molecule has 0 aromatic heterocycles. The van der Waals surface area contributed by atoms with Gasteiger partial charge in [-0.3, -0.25) is 9.59 Å². The van der Waals surface area contributed by atoms with E-state index in [9.17, 15) is 19.5 Å². The topological polar surface area (TPSA) is 112 Å². The predicted octanol–water partition coefficient (Wildman–Crippen LogP) is 5.37. The number of hydrogen-bond donors (Lipinski definition) is 1. The van der Waals surface area contributed by atoms with Crippen LogP contribution in [0.15, 0.2) is 48.6 Å². The highest BCUT2D eigenvalue weighted by atomic mass is 16.5. The lowest BCUT2D eigenvalue weighted by Crippen LogP contribution is -2.46. The zero-order chi connectivity index (χ0) is 29.2. The minimum Gasteiger partial charge on any atom is -0.493 e. The smallest absolute Gasteiger partial charge is 0.407 e. The minimum atomic E-state index is -1.02. The van der Waals surface area contributed by atoms with Crippen molar-refractivity contribution in [1.82, 2.24) is 4.90 Å². The van der Waals surface area contributed by atoms with E-state index < -0.39 is 17.6 Å². The Morgan fingerprint density at radius 1 is 0.821 bits per heavy atom. The van der Waals surface area contributed by atoms with Crippen molar-refractivity contribution in [3.8, 4) is 23.0 Å². The zero-order valence-electron chi connectivity index (χ0n) is 23.5. The van der Waals surface area contributed by atoms with Crippen molar-refractivity contribution in [2.45, 2.75) is 33.2 Å². The molecule has 0 aliphatic carbocycles. The predicted molar refractivity (Wildman–Crippen MR) is 150 cm³/mol. The molecule has 1 amide bonds. The molecule has 1 N–H and O–H groups in total. The summed E-state index contributed by atoms with van der Waals surface area (Å²) in [7, 11) is 4.56. The maximum absolute atomic E-state index is 12.6. The van der Waals surface area contributed by atoms with Crippen molar-refractivity contribution < 1.29 is 38.4 Å². The average Bonchev–Trinajstić information content (AvgIpc) is 2.91. The first-order chi connectivity index (χ1) is 18.4.